The molecule has 24 heavy (non-hydrogen) atoms. The Hall–Kier alpha value is -3.18. The number of carbonyl (C=O) groups is 1. The summed E-state index contributed by atoms with van der Waals surface area (Å²) in [6.45, 7) is 0. The highest BCUT2D eigenvalue weighted by molar-refractivity contribution is 5.99. The normalized spacial score (nSPS) is 14.4. The first kappa shape index (κ1) is 14.4. The Balaban J connectivity index is 1.72. The molecule has 5 heteroatoms. The zero-order chi connectivity index (χ0) is 16.6. The molecule has 1 aliphatic rings. The van der Waals surface area contributed by atoms with Crippen LogP contribution in [0, 0.1) is 0 Å². The second-order valence-electron chi connectivity index (χ2n) is 5.52. The van der Waals surface area contributed by atoms with Crippen LogP contribution in [0.15, 0.2) is 76.4 Å². The SMILES string of the molecule is O=C(N/N=C\c1ccco1)C1(O)c2ccccc2-c2ccccc21. The van der Waals surface area contributed by atoms with Crippen LogP contribution in [0.2, 0.25) is 0 Å². The molecule has 1 aliphatic carbocycles. The molecule has 0 radical (unpaired) electrons. The second-order valence-corrected chi connectivity index (χ2v) is 5.52. The summed E-state index contributed by atoms with van der Waals surface area (Å²) in [5, 5.41) is 15.1. The number of amides is 1. The van der Waals surface area contributed by atoms with Crippen LogP contribution in [-0.2, 0) is 10.4 Å². The zero-order valence-corrected chi connectivity index (χ0v) is 12.6. The number of nitrogens with zero attached hydrogens (tertiary/aromatic N) is 1. The third kappa shape index (κ3) is 2.06. The first-order valence-electron chi connectivity index (χ1n) is 7.50. The van der Waals surface area contributed by atoms with Gasteiger partial charge in [0.05, 0.1) is 12.5 Å². The van der Waals surface area contributed by atoms with Gasteiger partial charge in [-0.3, -0.25) is 4.79 Å². The summed E-state index contributed by atoms with van der Waals surface area (Å²) in [7, 11) is 0. The van der Waals surface area contributed by atoms with Crippen molar-refractivity contribution >= 4 is 12.1 Å². The van der Waals surface area contributed by atoms with E-state index in [9.17, 15) is 9.90 Å². The van der Waals surface area contributed by atoms with Crippen LogP contribution in [0.4, 0.5) is 0 Å². The number of benzene rings is 2. The average molecular weight is 318 g/mol. The van der Waals surface area contributed by atoms with Crippen molar-refractivity contribution in [1.82, 2.24) is 5.43 Å². The number of rotatable bonds is 3. The van der Waals surface area contributed by atoms with Crippen molar-refractivity contribution in [3.8, 4) is 11.1 Å². The van der Waals surface area contributed by atoms with Crippen molar-refractivity contribution in [3.05, 3.63) is 83.8 Å². The zero-order valence-electron chi connectivity index (χ0n) is 12.6. The van der Waals surface area contributed by atoms with E-state index in [1.54, 1.807) is 36.4 Å². The maximum Gasteiger partial charge on any atom is 0.281 e. The van der Waals surface area contributed by atoms with E-state index < -0.39 is 11.5 Å². The lowest BCUT2D eigenvalue weighted by Gasteiger charge is -2.23. The van der Waals surface area contributed by atoms with E-state index in [1.807, 2.05) is 24.3 Å². The highest BCUT2D eigenvalue weighted by atomic mass is 16.3. The molecule has 118 valence electrons. The van der Waals surface area contributed by atoms with Crippen molar-refractivity contribution in [3.63, 3.8) is 0 Å². The number of fused-ring (bicyclic) bond motifs is 3. The van der Waals surface area contributed by atoms with E-state index in [-0.39, 0.29) is 0 Å². The summed E-state index contributed by atoms with van der Waals surface area (Å²) in [4.78, 5) is 12.7. The second kappa shape index (κ2) is 5.47. The number of hydrazone groups is 1. The first-order valence-corrected chi connectivity index (χ1v) is 7.50. The van der Waals surface area contributed by atoms with Crippen molar-refractivity contribution in [1.29, 1.82) is 0 Å². The molecule has 1 aromatic heterocycles. The van der Waals surface area contributed by atoms with E-state index in [2.05, 4.69) is 10.5 Å². The quantitative estimate of drug-likeness (QED) is 0.576. The maximum absolute atomic E-state index is 12.7. The minimum absolute atomic E-state index is 0.509. The fourth-order valence-electron chi connectivity index (χ4n) is 3.06. The summed E-state index contributed by atoms with van der Waals surface area (Å²) >= 11 is 0. The Bertz CT molecular complexity index is 884. The van der Waals surface area contributed by atoms with Gasteiger partial charge in [0.15, 0.2) is 5.60 Å². The molecular weight excluding hydrogens is 304 g/mol. The lowest BCUT2D eigenvalue weighted by atomic mass is 9.91. The molecule has 2 aromatic carbocycles. The van der Waals surface area contributed by atoms with Gasteiger partial charge in [-0.1, -0.05) is 48.5 Å². The Morgan fingerprint density at radius 2 is 1.62 bits per heavy atom. The molecule has 1 amide bonds. The molecule has 0 saturated carbocycles. The van der Waals surface area contributed by atoms with Gasteiger partial charge in [0.25, 0.3) is 5.91 Å². The Kier molecular flexibility index (Phi) is 3.29. The lowest BCUT2D eigenvalue weighted by molar-refractivity contribution is -0.136. The van der Waals surface area contributed by atoms with Gasteiger partial charge >= 0.3 is 0 Å². The molecule has 0 bridgehead atoms. The van der Waals surface area contributed by atoms with E-state index in [1.165, 1.54) is 12.5 Å². The number of hydrogen-bond acceptors (Lipinski definition) is 4. The molecular formula is C19H14N2O3. The first-order chi connectivity index (χ1) is 11.7. The average Bonchev–Trinajstić information content (AvgIpc) is 3.22. The fraction of sp³-hybridized carbons (Fsp3) is 0.0526. The van der Waals surface area contributed by atoms with Gasteiger partial charge in [-0.25, -0.2) is 5.43 Å². The van der Waals surface area contributed by atoms with Gasteiger partial charge in [-0.05, 0) is 23.3 Å². The van der Waals surface area contributed by atoms with Crippen molar-refractivity contribution < 1.29 is 14.3 Å². The van der Waals surface area contributed by atoms with Crippen LogP contribution in [0.1, 0.15) is 16.9 Å². The van der Waals surface area contributed by atoms with Gasteiger partial charge in [0, 0.05) is 11.1 Å². The van der Waals surface area contributed by atoms with Crippen molar-refractivity contribution in [2.45, 2.75) is 5.60 Å². The predicted octanol–water partition coefficient (Wildman–Crippen LogP) is 2.65. The molecule has 0 spiro atoms. The molecule has 3 aromatic rings. The number of hydrogen-bond donors (Lipinski definition) is 2. The van der Waals surface area contributed by atoms with Crippen LogP contribution in [0.3, 0.4) is 0 Å². The van der Waals surface area contributed by atoms with Gasteiger partial charge in [-0.2, -0.15) is 5.10 Å². The Labute approximate surface area is 138 Å². The van der Waals surface area contributed by atoms with E-state index in [0.29, 0.717) is 16.9 Å². The maximum atomic E-state index is 12.7. The van der Waals surface area contributed by atoms with Gasteiger partial charge in [0.1, 0.15) is 5.76 Å². The van der Waals surface area contributed by atoms with E-state index in [0.717, 1.165) is 11.1 Å². The number of furan rings is 1. The molecule has 0 aliphatic heterocycles. The minimum atomic E-state index is -1.77. The standard InChI is InChI=1S/C19H14N2O3/c22-18(21-20-12-13-6-5-11-24-13)19(23)16-9-3-1-7-14(16)15-8-2-4-10-17(15)19/h1-12,23H,(H,21,22)/b20-12-. The summed E-state index contributed by atoms with van der Waals surface area (Å²) in [5.74, 6) is -0.0998. The molecule has 5 nitrogen and oxygen atoms in total. The van der Waals surface area contributed by atoms with Crippen LogP contribution in [-0.4, -0.2) is 17.2 Å². The Morgan fingerprint density at radius 3 is 2.21 bits per heavy atom. The van der Waals surface area contributed by atoms with Crippen molar-refractivity contribution in [2.75, 3.05) is 0 Å². The number of carbonyl (C=O) groups excluding carboxylic acids is 1. The summed E-state index contributed by atoms with van der Waals surface area (Å²) < 4.78 is 5.12. The summed E-state index contributed by atoms with van der Waals surface area (Å²) in [6.07, 6.45) is 2.90. The van der Waals surface area contributed by atoms with Gasteiger partial charge < -0.3 is 9.52 Å². The fourth-order valence-corrected chi connectivity index (χ4v) is 3.06. The molecule has 1 heterocycles. The van der Waals surface area contributed by atoms with Crippen LogP contribution in [0.5, 0.6) is 0 Å². The number of aliphatic hydroxyl groups is 1. The molecule has 0 unspecified atom stereocenters. The minimum Gasteiger partial charge on any atom is -0.463 e. The van der Waals surface area contributed by atoms with E-state index in [4.69, 9.17) is 4.42 Å². The topological polar surface area (TPSA) is 74.8 Å². The van der Waals surface area contributed by atoms with Crippen molar-refractivity contribution in [2.24, 2.45) is 5.10 Å². The third-order valence-corrected chi connectivity index (χ3v) is 4.15. The smallest absolute Gasteiger partial charge is 0.281 e. The third-order valence-electron chi connectivity index (χ3n) is 4.15. The summed E-state index contributed by atoms with van der Waals surface area (Å²) in [5.41, 5.74) is 3.44. The highest BCUT2D eigenvalue weighted by Gasteiger charge is 2.47. The monoisotopic (exact) mass is 318 g/mol. The Morgan fingerprint density at radius 1 is 1.00 bits per heavy atom. The van der Waals surface area contributed by atoms with Crippen LogP contribution in [0.25, 0.3) is 11.1 Å². The summed E-state index contributed by atoms with van der Waals surface area (Å²) in [6, 6.07) is 18.1. The lowest BCUT2D eigenvalue weighted by Crippen LogP contribution is -2.42. The highest BCUT2D eigenvalue weighted by Crippen LogP contribution is 2.47. The molecule has 2 N–H and O–H groups in total. The molecule has 0 atom stereocenters. The molecule has 4 rings (SSSR count). The van der Waals surface area contributed by atoms with Gasteiger partial charge in [0.2, 0.25) is 0 Å². The van der Waals surface area contributed by atoms with Crippen LogP contribution < -0.4 is 5.43 Å². The predicted molar refractivity (Wildman–Crippen MR) is 89.3 cm³/mol. The molecule has 0 saturated heterocycles. The molecule has 0 fully saturated rings. The van der Waals surface area contributed by atoms with Gasteiger partial charge in [-0.15, -0.1) is 0 Å². The largest absolute Gasteiger partial charge is 0.463 e. The van der Waals surface area contributed by atoms with E-state index >= 15 is 0 Å². The van der Waals surface area contributed by atoms with Crippen LogP contribution >= 0.6 is 0 Å². The number of nitrogens with one attached hydrogen (secondary N) is 1.